The van der Waals surface area contributed by atoms with Crippen molar-refractivity contribution in [1.82, 2.24) is 0 Å². The summed E-state index contributed by atoms with van der Waals surface area (Å²) in [4.78, 5) is 12.2. The van der Waals surface area contributed by atoms with Crippen LogP contribution in [0.25, 0.3) is 11.6 Å². The Bertz CT molecular complexity index is 779. The molecule has 2 aromatic rings. The summed E-state index contributed by atoms with van der Waals surface area (Å²) in [6.45, 7) is 0. The number of phenols is 1. The Morgan fingerprint density at radius 2 is 1.86 bits per heavy atom. The van der Waals surface area contributed by atoms with E-state index in [0.29, 0.717) is 14.5 Å². The number of carbonyl (C=O) groups is 1. The second-order valence-electron chi connectivity index (χ2n) is 4.51. The van der Waals surface area contributed by atoms with Crippen molar-refractivity contribution in [1.29, 1.82) is 0 Å². The first kappa shape index (κ1) is 15.1. The Labute approximate surface area is 151 Å². The van der Waals surface area contributed by atoms with Crippen molar-refractivity contribution in [2.45, 2.75) is 0 Å². The molecule has 0 bridgehead atoms. The monoisotopic (exact) mass is 519 g/mol. The van der Waals surface area contributed by atoms with Gasteiger partial charge in [0, 0.05) is 9.13 Å². The van der Waals surface area contributed by atoms with Gasteiger partial charge in [0.05, 0.1) is 20.2 Å². The third kappa shape index (κ3) is 2.76. The number of halogens is 3. The van der Waals surface area contributed by atoms with Crippen LogP contribution in [0.3, 0.4) is 0 Å². The number of fused-ring (bicyclic) bond motifs is 1. The number of nitrogens with one attached hydrogen (secondary N) is 1. The molecular weight excluding hydrogens is 513 g/mol. The van der Waals surface area contributed by atoms with Crippen LogP contribution in [0.4, 0.5) is 5.69 Å². The summed E-state index contributed by atoms with van der Waals surface area (Å²) in [7, 11) is 0. The fourth-order valence-corrected chi connectivity index (χ4v) is 4.19. The van der Waals surface area contributed by atoms with Crippen LogP contribution in [0.5, 0.6) is 5.75 Å². The Hall–Kier alpha value is -0.860. The predicted molar refractivity (Wildman–Crippen MR) is 99.2 cm³/mol. The quantitative estimate of drug-likeness (QED) is 0.410. The molecule has 2 aromatic carbocycles. The molecule has 0 saturated heterocycles. The van der Waals surface area contributed by atoms with E-state index in [4.69, 9.17) is 0 Å². The lowest BCUT2D eigenvalue weighted by molar-refractivity contribution is -0.110. The summed E-state index contributed by atoms with van der Waals surface area (Å²) in [5, 5.41) is 12.6. The number of carbonyl (C=O) groups excluding carboxylic acids is 1. The number of amides is 1. The van der Waals surface area contributed by atoms with Gasteiger partial charge in [0.1, 0.15) is 5.75 Å². The Morgan fingerprint density at radius 1 is 1.19 bits per heavy atom. The topological polar surface area (TPSA) is 49.3 Å². The number of phenolic OH excluding ortho intramolecular Hbond substituents is 1. The van der Waals surface area contributed by atoms with E-state index in [0.717, 1.165) is 20.4 Å². The molecule has 106 valence electrons. The maximum atomic E-state index is 12.2. The lowest BCUT2D eigenvalue weighted by Crippen LogP contribution is -2.03. The van der Waals surface area contributed by atoms with Crippen molar-refractivity contribution < 1.29 is 9.90 Å². The molecule has 0 atom stereocenters. The third-order valence-electron chi connectivity index (χ3n) is 3.13. The molecule has 1 aliphatic heterocycles. The van der Waals surface area contributed by atoms with Crippen molar-refractivity contribution in [2.75, 3.05) is 5.32 Å². The number of aromatic hydroxyl groups is 1. The van der Waals surface area contributed by atoms with Gasteiger partial charge in [0.2, 0.25) is 0 Å². The minimum Gasteiger partial charge on any atom is -0.506 e. The average Bonchev–Trinajstić information content (AvgIpc) is 2.74. The zero-order valence-corrected chi connectivity index (χ0v) is 15.8. The standard InChI is InChI=1S/C15H8Br2INO2/c16-9-5-7(6-10(17)14(9)20)4-8-13-11(18)2-1-3-12(13)19-15(8)21/h1-6,20H,(H,19,21)/b8-4-. The van der Waals surface area contributed by atoms with E-state index in [9.17, 15) is 9.90 Å². The molecule has 3 rings (SSSR count). The van der Waals surface area contributed by atoms with Crippen LogP contribution in [0.1, 0.15) is 11.1 Å². The van der Waals surface area contributed by atoms with Crippen LogP contribution < -0.4 is 5.32 Å². The van der Waals surface area contributed by atoms with E-state index in [-0.39, 0.29) is 11.7 Å². The van der Waals surface area contributed by atoms with E-state index in [1.807, 2.05) is 24.3 Å². The van der Waals surface area contributed by atoms with E-state index in [1.54, 1.807) is 12.1 Å². The molecule has 0 aliphatic carbocycles. The van der Waals surface area contributed by atoms with Gasteiger partial charge in [-0.3, -0.25) is 4.79 Å². The van der Waals surface area contributed by atoms with Crippen LogP contribution in [-0.4, -0.2) is 11.0 Å². The van der Waals surface area contributed by atoms with E-state index in [2.05, 4.69) is 59.8 Å². The van der Waals surface area contributed by atoms with Crippen molar-refractivity contribution in [2.24, 2.45) is 0 Å². The molecule has 0 spiro atoms. The molecular formula is C15H8Br2INO2. The number of hydrogen-bond acceptors (Lipinski definition) is 2. The summed E-state index contributed by atoms with van der Waals surface area (Å²) >= 11 is 8.81. The molecule has 1 amide bonds. The first-order chi connectivity index (χ1) is 9.97. The smallest absolute Gasteiger partial charge is 0.256 e. The Morgan fingerprint density at radius 3 is 2.52 bits per heavy atom. The summed E-state index contributed by atoms with van der Waals surface area (Å²) in [5.74, 6) is 0.0254. The lowest BCUT2D eigenvalue weighted by atomic mass is 10.0. The van der Waals surface area contributed by atoms with Crippen LogP contribution in [0.2, 0.25) is 0 Å². The van der Waals surface area contributed by atoms with Crippen molar-refractivity contribution in [3.8, 4) is 5.75 Å². The first-order valence-electron chi connectivity index (χ1n) is 5.97. The van der Waals surface area contributed by atoms with Crippen molar-refractivity contribution in [3.05, 3.63) is 54.0 Å². The van der Waals surface area contributed by atoms with E-state index in [1.165, 1.54) is 0 Å². The Balaban J connectivity index is 2.16. The predicted octanol–water partition coefficient (Wildman–Crippen LogP) is 5.01. The number of rotatable bonds is 1. The van der Waals surface area contributed by atoms with Gasteiger partial charge in [-0.25, -0.2) is 0 Å². The highest BCUT2D eigenvalue weighted by molar-refractivity contribution is 14.1. The normalized spacial score (nSPS) is 15.2. The fraction of sp³-hybridized carbons (Fsp3) is 0. The molecule has 21 heavy (non-hydrogen) atoms. The van der Waals surface area contributed by atoms with Crippen molar-refractivity contribution in [3.63, 3.8) is 0 Å². The minimum atomic E-state index is -0.116. The molecule has 0 unspecified atom stereocenters. The molecule has 0 radical (unpaired) electrons. The van der Waals surface area contributed by atoms with Gasteiger partial charge in [-0.2, -0.15) is 0 Å². The molecule has 0 fully saturated rings. The summed E-state index contributed by atoms with van der Waals surface area (Å²) in [6.07, 6.45) is 1.82. The molecule has 1 aliphatic rings. The molecule has 2 N–H and O–H groups in total. The van der Waals surface area contributed by atoms with Crippen LogP contribution in [0, 0.1) is 3.57 Å². The summed E-state index contributed by atoms with van der Waals surface area (Å²) in [5.41, 5.74) is 3.20. The summed E-state index contributed by atoms with van der Waals surface area (Å²) < 4.78 is 2.17. The highest BCUT2D eigenvalue weighted by Crippen LogP contribution is 2.38. The number of benzene rings is 2. The van der Waals surface area contributed by atoms with Gasteiger partial charge >= 0.3 is 0 Å². The average molecular weight is 521 g/mol. The zero-order valence-electron chi connectivity index (χ0n) is 10.5. The van der Waals surface area contributed by atoms with E-state index < -0.39 is 0 Å². The second-order valence-corrected chi connectivity index (χ2v) is 7.38. The lowest BCUT2D eigenvalue weighted by Gasteiger charge is -2.04. The van der Waals surface area contributed by atoms with Crippen LogP contribution in [-0.2, 0) is 4.79 Å². The highest BCUT2D eigenvalue weighted by Gasteiger charge is 2.26. The molecule has 3 nitrogen and oxygen atoms in total. The maximum absolute atomic E-state index is 12.2. The number of anilines is 1. The van der Waals surface area contributed by atoms with Gasteiger partial charge in [0.15, 0.2) is 0 Å². The summed E-state index contributed by atoms with van der Waals surface area (Å²) in [6, 6.07) is 9.31. The van der Waals surface area contributed by atoms with Gasteiger partial charge in [-0.15, -0.1) is 0 Å². The number of hydrogen-bond donors (Lipinski definition) is 2. The minimum absolute atomic E-state index is 0.116. The van der Waals surface area contributed by atoms with Crippen molar-refractivity contribution >= 4 is 77.7 Å². The third-order valence-corrected chi connectivity index (χ3v) is 5.23. The molecule has 1 heterocycles. The molecule has 6 heteroatoms. The van der Waals surface area contributed by atoms with E-state index >= 15 is 0 Å². The van der Waals surface area contributed by atoms with Crippen LogP contribution >= 0.6 is 54.5 Å². The fourth-order valence-electron chi connectivity index (χ4n) is 2.18. The maximum Gasteiger partial charge on any atom is 0.256 e. The Kier molecular flexibility index (Phi) is 4.11. The van der Waals surface area contributed by atoms with Gasteiger partial charge in [-0.05, 0) is 90.4 Å². The van der Waals surface area contributed by atoms with Crippen LogP contribution in [0.15, 0.2) is 39.3 Å². The SMILES string of the molecule is O=C1Nc2cccc(I)c2/C1=C/c1cc(Br)c(O)c(Br)c1. The van der Waals surface area contributed by atoms with Gasteiger partial charge in [-0.1, -0.05) is 6.07 Å². The first-order valence-corrected chi connectivity index (χ1v) is 8.64. The zero-order chi connectivity index (χ0) is 15.1. The highest BCUT2D eigenvalue weighted by atomic mass is 127. The second kappa shape index (κ2) is 5.73. The van der Waals surface area contributed by atoms with Gasteiger partial charge < -0.3 is 10.4 Å². The molecule has 0 saturated carbocycles. The molecule has 0 aromatic heterocycles. The van der Waals surface area contributed by atoms with Gasteiger partial charge in [0.25, 0.3) is 5.91 Å². The largest absolute Gasteiger partial charge is 0.506 e.